The fourth-order valence-corrected chi connectivity index (χ4v) is 3.33. The average molecular weight is 311 g/mol. The van der Waals surface area contributed by atoms with Crippen LogP contribution in [0.2, 0.25) is 0 Å². The molecule has 0 unspecified atom stereocenters. The molecule has 1 aliphatic rings. The number of nitrogens with zero attached hydrogens (tertiary/aromatic N) is 5. The summed E-state index contributed by atoms with van der Waals surface area (Å²) in [5.74, 6) is 0.00411. The first kappa shape index (κ1) is 13.3. The molecule has 0 aliphatic carbocycles. The topological polar surface area (TPSA) is 71.9 Å². The molecule has 0 N–H and O–H groups in total. The van der Waals surface area contributed by atoms with Gasteiger partial charge < -0.3 is 4.90 Å². The summed E-state index contributed by atoms with van der Waals surface area (Å²) in [6.45, 7) is 3.05. The summed E-state index contributed by atoms with van der Waals surface area (Å²) in [6, 6.07) is 5.98. The second kappa shape index (κ2) is 5.10. The average Bonchev–Trinajstić information content (AvgIpc) is 2.97. The van der Waals surface area contributed by atoms with Crippen LogP contribution in [0.4, 0.5) is 0 Å². The van der Waals surface area contributed by atoms with Crippen molar-refractivity contribution in [2.24, 2.45) is 0 Å². The molecule has 6 nitrogen and oxygen atoms in total. The van der Waals surface area contributed by atoms with Crippen molar-refractivity contribution in [1.29, 1.82) is 0 Å². The predicted molar refractivity (Wildman–Crippen MR) is 82.6 cm³/mol. The minimum atomic E-state index is 0.00411. The fourth-order valence-electron chi connectivity index (χ4n) is 2.71. The fraction of sp³-hybridized carbons (Fsp3) is 0.267. The maximum Gasteiger partial charge on any atom is 0.267 e. The Labute approximate surface area is 131 Å². The van der Waals surface area contributed by atoms with E-state index in [1.165, 1.54) is 0 Å². The minimum Gasteiger partial charge on any atom is -0.333 e. The predicted octanol–water partition coefficient (Wildman–Crippen LogP) is 1.99. The first-order valence-electron chi connectivity index (χ1n) is 7.04. The number of pyridine rings is 2. The van der Waals surface area contributed by atoms with Crippen molar-refractivity contribution in [3.8, 4) is 0 Å². The van der Waals surface area contributed by atoms with Gasteiger partial charge in [-0.3, -0.25) is 4.79 Å². The molecule has 3 aromatic rings. The summed E-state index contributed by atoms with van der Waals surface area (Å²) in [6.07, 6.45) is 2.50. The van der Waals surface area contributed by atoms with Crippen LogP contribution >= 0.6 is 11.5 Å². The molecule has 0 aromatic carbocycles. The number of carbonyl (C=O) groups excluding carboxylic acids is 1. The number of hydrogen-bond donors (Lipinski definition) is 0. The van der Waals surface area contributed by atoms with Crippen molar-refractivity contribution >= 4 is 28.5 Å². The van der Waals surface area contributed by atoms with E-state index in [0.29, 0.717) is 23.7 Å². The smallest absolute Gasteiger partial charge is 0.267 e. The summed E-state index contributed by atoms with van der Waals surface area (Å²) < 4.78 is 3.85. The van der Waals surface area contributed by atoms with E-state index in [-0.39, 0.29) is 5.91 Å². The molecule has 110 valence electrons. The number of amides is 1. The molecule has 1 aliphatic heterocycles. The van der Waals surface area contributed by atoms with E-state index in [4.69, 9.17) is 0 Å². The number of aromatic nitrogens is 4. The van der Waals surface area contributed by atoms with E-state index in [1.807, 2.05) is 24.0 Å². The van der Waals surface area contributed by atoms with Gasteiger partial charge in [-0.2, -0.15) is 0 Å². The van der Waals surface area contributed by atoms with Crippen molar-refractivity contribution in [3.05, 3.63) is 46.2 Å². The second-order valence-corrected chi connectivity index (χ2v) is 6.06. The zero-order valence-corrected chi connectivity index (χ0v) is 12.8. The van der Waals surface area contributed by atoms with Gasteiger partial charge in [-0.1, -0.05) is 4.49 Å². The van der Waals surface area contributed by atoms with Crippen LogP contribution in [0.3, 0.4) is 0 Å². The van der Waals surface area contributed by atoms with Crippen LogP contribution in [0.5, 0.6) is 0 Å². The Bertz CT molecular complexity index is 875. The van der Waals surface area contributed by atoms with E-state index < -0.39 is 0 Å². The first-order valence-corrected chi connectivity index (χ1v) is 7.81. The monoisotopic (exact) mass is 311 g/mol. The van der Waals surface area contributed by atoms with Crippen LogP contribution in [0.1, 0.15) is 26.6 Å². The minimum absolute atomic E-state index is 0.00411. The van der Waals surface area contributed by atoms with E-state index in [2.05, 4.69) is 25.6 Å². The van der Waals surface area contributed by atoms with E-state index >= 15 is 0 Å². The number of fused-ring (bicyclic) bond motifs is 2. The van der Waals surface area contributed by atoms with Gasteiger partial charge in [0.15, 0.2) is 5.65 Å². The molecule has 0 fully saturated rings. The Morgan fingerprint density at radius 3 is 3.14 bits per heavy atom. The van der Waals surface area contributed by atoms with Crippen LogP contribution in [0.25, 0.3) is 11.0 Å². The third-order valence-electron chi connectivity index (χ3n) is 3.87. The van der Waals surface area contributed by atoms with Gasteiger partial charge in [0.25, 0.3) is 5.91 Å². The van der Waals surface area contributed by atoms with Crippen molar-refractivity contribution in [1.82, 2.24) is 24.5 Å². The third-order valence-corrected chi connectivity index (χ3v) is 4.69. The largest absolute Gasteiger partial charge is 0.333 e. The van der Waals surface area contributed by atoms with Gasteiger partial charge in [-0.25, -0.2) is 9.97 Å². The molecule has 1 amide bonds. The number of rotatable bonds is 1. The SMILES string of the molecule is Cc1nnsc1C(=O)N1CCc2nc3ncccc3cc2C1. The summed E-state index contributed by atoms with van der Waals surface area (Å²) >= 11 is 1.16. The van der Waals surface area contributed by atoms with E-state index in [9.17, 15) is 4.79 Å². The van der Waals surface area contributed by atoms with E-state index in [1.54, 1.807) is 6.20 Å². The number of aryl methyl sites for hydroxylation is 1. The van der Waals surface area contributed by atoms with Crippen LogP contribution in [0.15, 0.2) is 24.4 Å². The molecular formula is C15H13N5OS. The second-order valence-electron chi connectivity index (χ2n) is 5.31. The van der Waals surface area contributed by atoms with Gasteiger partial charge in [0.2, 0.25) is 0 Å². The highest BCUT2D eigenvalue weighted by atomic mass is 32.1. The Morgan fingerprint density at radius 1 is 1.41 bits per heavy atom. The highest BCUT2D eigenvalue weighted by Crippen LogP contribution is 2.23. The van der Waals surface area contributed by atoms with Gasteiger partial charge in [0, 0.05) is 36.8 Å². The molecule has 22 heavy (non-hydrogen) atoms. The highest BCUT2D eigenvalue weighted by molar-refractivity contribution is 7.07. The van der Waals surface area contributed by atoms with Crippen molar-refractivity contribution in [2.75, 3.05) is 6.54 Å². The van der Waals surface area contributed by atoms with Gasteiger partial charge in [-0.15, -0.1) is 5.10 Å². The summed E-state index contributed by atoms with van der Waals surface area (Å²) in [7, 11) is 0. The maximum absolute atomic E-state index is 12.6. The Morgan fingerprint density at radius 2 is 2.32 bits per heavy atom. The Kier molecular flexibility index (Phi) is 3.07. The lowest BCUT2D eigenvalue weighted by Gasteiger charge is -2.28. The number of hydrogen-bond acceptors (Lipinski definition) is 6. The van der Waals surface area contributed by atoms with Crippen molar-refractivity contribution in [3.63, 3.8) is 0 Å². The first-order chi connectivity index (χ1) is 10.7. The van der Waals surface area contributed by atoms with Crippen molar-refractivity contribution < 1.29 is 4.79 Å². The van der Waals surface area contributed by atoms with Crippen molar-refractivity contribution in [2.45, 2.75) is 19.9 Å². The van der Waals surface area contributed by atoms with Crippen LogP contribution in [-0.2, 0) is 13.0 Å². The highest BCUT2D eigenvalue weighted by Gasteiger charge is 2.25. The molecule has 0 saturated heterocycles. The van der Waals surface area contributed by atoms with Gasteiger partial charge >= 0.3 is 0 Å². The summed E-state index contributed by atoms with van der Waals surface area (Å²) in [5.41, 5.74) is 3.59. The van der Waals surface area contributed by atoms with E-state index in [0.717, 1.165) is 40.2 Å². The molecule has 3 aromatic heterocycles. The van der Waals surface area contributed by atoms with Gasteiger partial charge in [0.05, 0.1) is 5.69 Å². The lowest BCUT2D eigenvalue weighted by molar-refractivity contribution is 0.0737. The molecule has 7 heteroatoms. The quantitative estimate of drug-likeness (QED) is 0.687. The van der Waals surface area contributed by atoms with Gasteiger partial charge in [0.1, 0.15) is 4.88 Å². The lowest BCUT2D eigenvalue weighted by Crippen LogP contribution is -2.36. The molecule has 4 rings (SSSR count). The zero-order chi connectivity index (χ0) is 15.1. The zero-order valence-electron chi connectivity index (χ0n) is 12.0. The number of carbonyl (C=O) groups is 1. The molecular weight excluding hydrogens is 298 g/mol. The summed E-state index contributed by atoms with van der Waals surface area (Å²) in [5, 5.41) is 4.92. The maximum atomic E-state index is 12.6. The Balaban J connectivity index is 1.67. The molecule has 0 atom stereocenters. The van der Waals surface area contributed by atoms with Crippen LogP contribution in [0, 0.1) is 6.92 Å². The van der Waals surface area contributed by atoms with Crippen LogP contribution < -0.4 is 0 Å². The molecule has 4 heterocycles. The lowest BCUT2D eigenvalue weighted by atomic mass is 10.0. The third kappa shape index (κ3) is 2.14. The summed E-state index contributed by atoms with van der Waals surface area (Å²) in [4.78, 5) is 24.0. The standard InChI is InChI=1S/C15H13N5OS/c1-9-13(22-19-18-9)15(21)20-6-4-12-11(8-20)7-10-3-2-5-16-14(10)17-12/h2-3,5,7H,4,6,8H2,1H3. The molecule has 0 bridgehead atoms. The molecule has 0 spiro atoms. The molecule has 0 radical (unpaired) electrons. The Hall–Kier alpha value is -2.41. The van der Waals surface area contributed by atoms with Gasteiger partial charge in [-0.05, 0) is 42.2 Å². The normalized spacial score (nSPS) is 14.1. The molecule has 0 saturated carbocycles. The van der Waals surface area contributed by atoms with Crippen LogP contribution in [-0.4, -0.2) is 36.9 Å².